The molecule has 0 bridgehead atoms. The number of hydrogen-bond acceptors (Lipinski definition) is 5. The fourth-order valence-electron chi connectivity index (χ4n) is 4.16. The van der Waals surface area contributed by atoms with Gasteiger partial charge in [0, 0.05) is 24.8 Å². The van der Waals surface area contributed by atoms with Gasteiger partial charge in [0.1, 0.15) is 12.4 Å². The van der Waals surface area contributed by atoms with E-state index in [4.69, 9.17) is 9.47 Å². The van der Waals surface area contributed by atoms with Crippen LogP contribution in [-0.4, -0.2) is 47.6 Å². The first-order valence-corrected chi connectivity index (χ1v) is 8.89. The van der Waals surface area contributed by atoms with Gasteiger partial charge in [-0.05, 0) is 30.2 Å². The van der Waals surface area contributed by atoms with Gasteiger partial charge in [-0.25, -0.2) is 0 Å². The second-order valence-electron chi connectivity index (χ2n) is 7.14. The number of nitrogens with zero attached hydrogens (tertiary/aromatic N) is 1. The van der Waals surface area contributed by atoms with Gasteiger partial charge in [-0.15, -0.1) is 0 Å². The fraction of sp³-hybridized carbons (Fsp3) is 0.300. The first kappa shape index (κ1) is 16.0. The number of nitrogens with one attached hydrogen (secondary N) is 1. The van der Waals surface area contributed by atoms with Crippen molar-refractivity contribution in [2.24, 2.45) is 0 Å². The first-order valence-electron chi connectivity index (χ1n) is 8.89. The number of ether oxygens (including phenoxy) is 2. The van der Waals surface area contributed by atoms with Crippen LogP contribution in [0, 0.1) is 0 Å². The van der Waals surface area contributed by atoms with Gasteiger partial charge in [-0.1, -0.05) is 18.2 Å². The van der Waals surface area contributed by atoms with E-state index in [1.807, 2.05) is 24.3 Å². The molecule has 2 aromatic carbocycles. The van der Waals surface area contributed by atoms with Crippen molar-refractivity contribution < 1.29 is 24.2 Å². The van der Waals surface area contributed by atoms with Crippen molar-refractivity contribution in [1.29, 1.82) is 0 Å². The van der Waals surface area contributed by atoms with Gasteiger partial charge >= 0.3 is 0 Å². The molecule has 0 aromatic heterocycles. The van der Waals surface area contributed by atoms with E-state index in [0.717, 1.165) is 11.3 Å². The number of anilines is 1. The van der Waals surface area contributed by atoms with Crippen LogP contribution >= 0.6 is 0 Å². The molecule has 0 saturated carbocycles. The third-order valence-corrected chi connectivity index (χ3v) is 5.57. The Balaban J connectivity index is 1.37. The number of phenolic OH excluding ortho intramolecular Hbond substituents is 1. The van der Waals surface area contributed by atoms with Crippen molar-refractivity contribution in [3.63, 3.8) is 0 Å². The summed E-state index contributed by atoms with van der Waals surface area (Å²) in [6, 6.07) is 12.2. The number of hydrogen-bond donors (Lipinski definition) is 2. The van der Waals surface area contributed by atoms with Gasteiger partial charge in [-0.3, -0.25) is 9.59 Å². The highest BCUT2D eigenvalue weighted by Gasteiger charge is 2.52. The van der Waals surface area contributed by atoms with E-state index in [1.54, 1.807) is 11.0 Å². The quantitative estimate of drug-likeness (QED) is 0.801. The van der Waals surface area contributed by atoms with Crippen LogP contribution < -0.4 is 14.8 Å². The van der Waals surface area contributed by atoms with Crippen molar-refractivity contribution in [3.8, 4) is 17.2 Å². The number of carbonyl (C=O) groups is 2. The summed E-state index contributed by atoms with van der Waals surface area (Å²) in [5.74, 6) is 0.620. The Kier molecular flexibility index (Phi) is 3.34. The number of carbonyl (C=O) groups excluding carboxylic acids is 2. The van der Waals surface area contributed by atoms with Crippen LogP contribution in [0.1, 0.15) is 12.0 Å². The van der Waals surface area contributed by atoms with E-state index in [1.165, 1.54) is 12.1 Å². The maximum Gasteiger partial charge on any atom is 0.267 e. The van der Waals surface area contributed by atoms with E-state index < -0.39 is 11.5 Å². The lowest BCUT2D eigenvalue weighted by atomic mass is 9.81. The normalized spacial score (nSPS) is 25.4. The minimum Gasteiger partial charge on any atom is -0.508 e. The minimum atomic E-state index is -0.797. The average molecular weight is 366 g/mol. The highest BCUT2D eigenvalue weighted by Crippen LogP contribution is 2.44. The second kappa shape index (κ2) is 5.64. The third-order valence-electron chi connectivity index (χ3n) is 5.57. The Hall–Kier alpha value is -3.22. The van der Waals surface area contributed by atoms with Crippen molar-refractivity contribution in [2.45, 2.75) is 17.9 Å². The monoisotopic (exact) mass is 366 g/mol. The van der Waals surface area contributed by atoms with Crippen LogP contribution in [-0.2, 0) is 15.0 Å². The van der Waals surface area contributed by atoms with Gasteiger partial charge in [-0.2, -0.15) is 0 Å². The first-order chi connectivity index (χ1) is 13.1. The van der Waals surface area contributed by atoms with E-state index in [0.29, 0.717) is 31.0 Å². The number of likely N-dealkylation sites (tertiary alicyclic amines) is 1. The summed E-state index contributed by atoms with van der Waals surface area (Å²) in [7, 11) is 0. The van der Waals surface area contributed by atoms with E-state index in [9.17, 15) is 14.7 Å². The Morgan fingerprint density at radius 1 is 1.22 bits per heavy atom. The van der Waals surface area contributed by atoms with E-state index in [-0.39, 0.29) is 24.2 Å². The molecule has 2 unspecified atom stereocenters. The van der Waals surface area contributed by atoms with Gasteiger partial charge < -0.3 is 24.8 Å². The number of benzene rings is 2. The standard InChI is InChI=1S/C20H18N2O5/c23-12-5-6-15-16(9-12)27-17(10-26-15)18(24)22-8-7-20(11-22)13-3-1-2-4-14(13)21-19(20)25/h1-6,9,17,23H,7-8,10-11H2,(H,21,25). The van der Waals surface area contributed by atoms with Gasteiger partial charge in [0.2, 0.25) is 12.0 Å². The zero-order valence-electron chi connectivity index (χ0n) is 14.5. The summed E-state index contributed by atoms with van der Waals surface area (Å²) >= 11 is 0. The second-order valence-corrected chi connectivity index (χ2v) is 7.14. The van der Waals surface area contributed by atoms with Gasteiger partial charge in [0.05, 0.1) is 5.41 Å². The van der Waals surface area contributed by atoms with Crippen molar-refractivity contribution in [1.82, 2.24) is 4.90 Å². The Morgan fingerprint density at radius 3 is 2.96 bits per heavy atom. The predicted octanol–water partition coefficient (Wildman–Crippen LogP) is 1.65. The van der Waals surface area contributed by atoms with Crippen LogP contribution in [0.15, 0.2) is 42.5 Å². The lowest BCUT2D eigenvalue weighted by Crippen LogP contribution is -2.47. The van der Waals surface area contributed by atoms with Crippen LogP contribution in [0.2, 0.25) is 0 Å². The summed E-state index contributed by atoms with van der Waals surface area (Å²) in [5.41, 5.74) is 1.07. The molecule has 3 aliphatic heterocycles. The molecule has 1 saturated heterocycles. The Bertz CT molecular complexity index is 959. The lowest BCUT2D eigenvalue weighted by Gasteiger charge is -2.29. The molecule has 3 heterocycles. The summed E-state index contributed by atoms with van der Waals surface area (Å²) in [6.07, 6.45) is -0.221. The number of para-hydroxylation sites is 1. The van der Waals surface area contributed by atoms with Crippen LogP contribution in [0.5, 0.6) is 17.2 Å². The van der Waals surface area contributed by atoms with E-state index >= 15 is 0 Å². The number of fused-ring (bicyclic) bond motifs is 3. The zero-order valence-corrected chi connectivity index (χ0v) is 14.5. The number of phenols is 1. The SMILES string of the molecule is O=C(C1COc2ccc(O)cc2O1)N1CCC2(C1)C(=O)Nc1ccccc12. The molecule has 2 amide bonds. The number of amides is 2. The van der Waals surface area contributed by atoms with Crippen molar-refractivity contribution in [3.05, 3.63) is 48.0 Å². The molecule has 2 atom stereocenters. The topological polar surface area (TPSA) is 88.1 Å². The molecule has 7 heteroatoms. The molecule has 3 aliphatic rings. The third kappa shape index (κ3) is 2.34. The zero-order chi connectivity index (χ0) is 18.6. The molecule has 2 aromatic rings. The maximum absolute atomic E-state index is 13.0. The van der Waals surface area contributed by atoms with Crippen molar-refractivity contribution >= 4 is 17.5 Å². The molecule has 27 heavy (non-hydrogen) atoms. The molecular formula is C20H18N2O5. The molecule has 1 fully saturated rings. The highest BCUT2D eigenvalue weighted by atomic mass is 16.6. The van der Waals surface area contributed by atoms with Crippen LogP contribution in [0.25, 0.3) is 0 Å². The highest BCUT2D eigenvalue weighted by molar-refractivity contribution is 6.07. The smallest absolute Gasteiger partial charge is 0.267 e. The molecule has 138 valence electrons. The molecule has 7 nitrogen and oxygen atoms in total. The summed E-state index contributed by atoms with van der Waals surface area (Å²) in [5, 5.41) is 12.5. The minimum absolute atomic E-state index is 0.0461. The molecule has 2 N–H and O–H groups in total. The largest absolute Gasteiger partial charge is 0.508 e. The summed E-state index contributed by atoms with van der Waals surface area (Å²) in [4.78, 5) is 27.3. The van der Waals surface area contributed by atoms with Crippen molar-refractivity contribution in [2.75, 3.05) is 25.0 Å². The fourth-order valence-corrected chi connectivity index (χ4v) is 4.16. The maximum atomic E-state index is 13.0. The molecular weight excluding hydrogens is 348 g/mol. The van der Waals surface area contributed by atoms with Crippen LogP contribution in [0.4, 0.5) is 5.69 Å². The lowest BCUT2D eigenvalue weighted by molar-refractivity contribution is -0.140. The molecule has 5 rings (SSSR count). The molecule has 0 aliphatic carbocycles. The van der Waals surface area contributed by atoms with Crippen LogP contribution in [0.3, 0.4) is 0 Å². The summed E-state index contributed by atoms with van der Waals surface area (Å²) < 4.78 is 11.4. The number of aromatic hydroxyl groups is 1. The molecule has 0 radical (unpaired) electrons. The predicted molar refractivity (Wildman–Crippen MR) is 96.0 cm³/mol. The van der Waals surface area contributed by atoms with Gasteiger partial charge in [0.15, 0.2) is 11.5 Å². The summed E-state index contributed by atoms with van der Waals surface area (Å²) in [6.45, 7) is 0.900. The van der Waals surface area contributed by atoms with E-state index in [2.05, 4.69) is 5.32 Å². The average Bonchev–Trinajstić information content (AvgIpc) is 3.24. The Morgan fingerprint density at radius 2 is 2.07 bits per heavy atom. The Labute approximate surface area is 155 Å². The van der Waals surface area contributed by atoms with Gasteiger partial charge in [0.25, 0.3) is 5.91 Å². The molecule has 1 spiro atoms. The number of rotatable bonds is 1.